The first-order valence-electron chi connectivity index (χ1n) is 5.99. The molecule has 1 amide bonds. The van der Waals surface area contributed by atoms with Crippen LogP contribution in [0.15, 0.2) is 44.4 Å². The maximum absolute atomic E-state index is 11.9. The summed E-state index contributed by atoms with van der Waals surface area (Å²) in [7, 11) is 0. The first kappa shape index (κ1) is 16.3. The normalized spacial score (nSPS) is 10.8. The van der Waals surface area contributed by atoms with Crippen molar-refractivity contribution in [2.45, 2.75) is 0 Å². The van der Waals surface area contributed by atoms with Crippen molar-refractivity contribution >= 4 is 49.7 Å². The monoisotopic (exact) mass is 427 g/mol. The summed E-state index contributed by atoms with van der Waals surface area (Å²) in [5.41, 5.74) is 9.08. The van der Waals surface area contributed by atoms with E-state index >= 15 is 0 Å². The van der Waals surface area contributed by atoms with Crippen molar-refractivity contribution in [1.29, 1.82) is 0 Å². The van der Waals surface area contributed by atoms with Gasteiger partial charge in [0, 0.05) is 16.8 Å². The number of nitrogens with zero attached hydrogens (tertiary/aromatic N) is 1. The second kappa shape index (κ2) is 6.80. The third-order valence-electron chi connectivity index (χ3n) is 2.72. The van der Waals surface area contributed by atoms with Crippen LogP contribution in [0.25, 0.3) is 0 Å². The fourth-order valence-corrected chi connectivity index (χ4v) is 2.77. The minimum atomic E-state index is -0.431. The van der Waals surface area contributed by atoms with Gasteiger partial charge in [0.15, 0.2) is 0 Å². The Morgan fingerprint density at radius 3 is 2.64 bits per heavy atom. The van der Waals surface area contributed by atoms with Crippen LogP contribution in [-0.4, -0.2) is 22.3 Å². The van der Waals surface area contributed by atoms with E-state index in [0.717, 1.165) is 0 Å². The van der Waals surface area contributed by atoms with Crippen LogP contribution in [0.4, 0.5) is 5.69 Å². The predicted molar refractivity (Wildman–Crippen MR) is 91.1 cm³/mol. The standard InChI is InChI=1S/C14H11Br2N3O3/c15-10-5-8(12(20)11(16)13(10)21)6-18-19-14(22)7-2-1-3-9(17)4-7/h1-6,20-21H,17H2,(H,19,22)/b18-6-. The molecule has 0 spiro atoms. The number of anilines is 1. The molecule has 0 radical (unpaired) electrons. The highest BCUT2D eigenvalue weighted by Crippen LogP contribution is 2.40. The summed E-state index contributed by atoms with van der Waals surface area (Å²) in [5.74, 6) is -0.749. The van der Waals surface area contributed by atoms with Crippen molar-refractivity contribution in [2.24, 2.45) is 5.10 Å². The Morgan fingerprint density at radius 1 is 1.23 bits per heavy atom. The molecule has 6 nitrogen and oxygen atoms in total. The Balaban J connectivity index is 2.15. The summed E-state index contributed by atoms with van der Waals surface area (Å²) < 4.78 is 0.506. The number of nitrogen functional groups attached to an aromatic ring is 1. The van der Waals surface area contributed by atoms with Crippen molar-refractivity contribution in [3.63, 3.8) is 0 Å². The lowest BCUT2D eigenvalue weighted by atomic mass is 10.2. The number of rotatable bonds is 3. The van der Waals surface area contributed by atoms with E-state index in [1.807, 2.05) is 0 Å². The molecular weight excluding hydrogens is 418 g/mol. The zero-order valence-corrected chi connectivity index (χ0v) is 14.2. The number of hydrazone groups is 1. The zero-order valence-electron chi connectivity index (χ0n) is 11.0. The maximum atomic E-state index is 11.9. The van der Waals surface area contributed by atoms with Crippen LogP contribution >= 0.6 is 31.9 Å². The fraction of sp³-hybridized carbons (Fsp3) is 0. The third-order valence-corrected chi connectivity index (χ3v) is 4.07. The maximum Gasteiger partial charge on any atom is 0.271 e. The summed E-state index contributed by atoms with van der Waals surface area (Å²) in [6.45, 7) is 0. The lowest BCUT2D eigenvalue weighted by molar-refractivity contribution is 0.0955. The molecule has 8 heteroatoms. The van der Waals surface area contributed by atoms with E-state index in [9.17, 15) is 15.0 Å². The first-order chi connectivity index (χ1) is 10.4. The lowest BCUT2D eigenvalue weighted by Crippen LogP contribution is -2.17. The van der Waals surface area contributed by atoms with E-state index in [1.54, 1.807) is 18.2 Å². The van der Waals surface area contributed by atoms with Gasteiger partial charge in [0.05, 0.1) is 10.7 Å². The Labute approximate surface area is 142 Å². The molecule has 0 heterocycles. The fourth-order valence-electron chi connectivity index (χ4n) is 1.62. The van der Waals surface area contributed by atoms with Crippen molar-refractivity contribution in [2.75, 3.05) is 5.73 Å². The van der Waals surface area contributed by atoms with Gasteiger partial charge in [-0.1, -0.05) is 6.07 Å². The summed E-state index contributed by atoms with van der Waals surface area (Å²) >= 11 is 6.20. The summed E-state index contributed by atoms with van der Waals surface area (Å²) in [6, 6.07) is 7.92. The second-order valence-electron chi connectivity index (χ2n) is 4.28. The molecule has 0 saturated carbocycles. The van der Waals surface area contributed by atoms with Crippen LogP contribution in [0.3, 0.4) is 0 Å². The number of carbonyl (C=O) groups excluding carboxylic acids is 1. The van der Waals surface area contributed by atoms with Crippen molar-refractivity contribution in [1.82, 2.24) is 5.43 Å². The molecule has 2 rings (SSSR count). The molecule has 0 bridgehead atoms. The molecule has 0 saturated heterocycles. The Kier molecular flexibility index (Phi) is 5.04. The second-order valence-corrected chi connectivity index (χ2v) is 5.93. The van der Waals surface area contributed by atoms with Gasteiger partial charge in [-0.25, -0.2) is 5.43 Å². The molecular formula is C14H11Br2N3O3. The van der Waals surface area contributed by atoms with E-state index in [4.69, 9.17) is 5.73 Å². The van der Waals surface area contributed by atoms with Gasteiger partial charge < -0.3 is 15.9 Å². The van der Waals surface area contributed by atoms with Gasteiger partial charge in [0.25, 0.3) is 5.91 Å². The van der Waals surface area contributed by atoms with E-state index < -0.39 is 5.91 Å². The SMILES string of the molecule is Nc1cccc(C(=O)N/N=C\c2cc(Br)c(O)c(Br)c2O)c1. The third kappa shape index (κ3) is 3.58. The molecule has 114 valence electrons. The quantitative estimate of drug-likeness (QED) is 0.342. The number of carbonyl (C=O) groups is 1. The molecule has 0 aliphatic heterocycles. The Morgan fingerprint density at radius 2 is 1.95 bits per heavy atom. The topological polar surface area (TPSA) is 108 Å². The van der Waals surface area contributed by atoms with Gasteiger partial charge in [-0.15, -0.1) is 0 Å². The lowest BCUT2D eigenvalue weighted by Gasteiger charge is -2.06. The number of hydrogen-bond acceptors (Lipinski definition) is 5. The molecule has 2 aromatic rings. The zero-order chi connectivity index (χ0) is 16.3. The van der Waals surface area contributed by atoms with Gasteiger partial charge in [-0.2, -0.15) is 5.10 Å². The molecule has 22 heavy (non-hydrogen) atoms. The number of hydrogen-bond donors (Lipinski definition) is 4. The van der Waals surface area contributed by atoms with Gasteiger partial charge in [0.1, 0.15) is 16.0 Å². The highest BCUT2D eigenvalue weighted by Gasteiger charge is 2.13. The van der Waals surface area contributed by atoms with E-state index in [-0.39, 0.29) is 16.0 Å². The van der Waals surface area contributed by atoms with E-state index in [2.05, 4.69) is 42.4 Å². The van der Waals surface area contributed by atoms with Crippen molar-refractivity contribution in [3.05, 3.63) is 50.4 Å². The van der Waals surface area contributed by atoms with Gasteiger partial charge in [-0.05, 0) is 56.1 Å². The largest absolute Gasteiger partial charge is 0.506 e. The average molecular weight is 429 g/mol. The van der Waals surface area contributed by atoms with Gasteiger partial charge in [0.2, 0.25) is 0 Å². The average Bonchev–Trinajstić information content (AvgIpc) is 2.50. The van der Waals surface area contributed by atoms with Gasteiger partial charge >= 0.3 is 0 Å². The number of amides is 1. The van der Waals surface area contributed by atoms with Crippen LogP contribution < -0.4 is 11.2 Å². The van der Waals surface area contributed by atoms with Crippen molar-refractivity contribution in [3.8, 4) is 11.5 Å². The summed E-state index contributed by atoms with van der Waals surface area (Å²) in [5, 5.41) is 23.3. The molecule has 2 aromatic carbocycles. The number of phenolic OH excluding ortho intramolecular Hbond substituents is 2. The molecule has 0 unspecified atom stereocenters. The molecule has 0 fully saturated rings. The highest BCUT2D eigenvalue weighted by atomic mass is 79.9. The minimum absolute atomic E-state index is 0.126. The van der Waals surface area contributed by atoms with Crippen LogP contribution in [0, 0.1) is 0 Å². The highest BCUT2D eigenvalue weighted by molar-refractivity contribution is 9.11. The molecule has 0 aliphatic carbocycles. The number of aromatic hydroxyl groups is 2. The van der Waals surface area contributed by atoms with E-state index in [0.29, 0.717) is 21.3 Å². The molecule has 0 aliphatic rings. The number of nitrogens with two attached hydrogens (primary N) is 1. The smallest absolute Gasteiger partial charge is 0.271 e. The number of phenols is 2. The summed E-state index contributed by atoms with van der Waals surface area (Å²) in [4.78, 5) is 11.9. The van der Waals surface area contributed by atoms with Crippen LogP contribution in [-0.2, 0) is 0 Å². The molecule has 0 atom stereocenters. The number of halogens is 2. The Hall–Kier alpha value is -2.06. The minimum Gasteiger partial charge on any atom is -0.506 e. The Bertz CT molecular complexity index is 763. The molecule has 0 aromatic heterocycles. The van der Waals surface area contributed by atoms with Crippen LogP contribution in [0.5, 0.6) is 11.5 Å². The summed E-state index contributed by atoms with van der Waals surface area (Å²) in [6.07, 6.45) is 1.26. The number of nitrogens with one attached hydrogen (secondary N) is 1. The van der Waals surface area contributed by atoms with Crippen molar-refractivity contribution < 1.29 is 15.0 Å². The molecule has 5 N–H and O–H groups in total. The first-order valence-corrected chi connectivity index (χ1v) is 7.57. The van der Waals surface area contributed by atoms with Gasteiger partial charge in [-0.3, -0.25) is 4.79 Å². The predicted octanol–water partition coefficient (Wildman–Crippen LogP) is 2.97. The van der Waals surface area contributed by atoms with E-state index in [1.165, 1.54) is 18.3 Å². The van der Waals surface area contributed by atoms with Crippen LogP contribution in [0.2, 0.25) is 0 Å². The van der Waals surface area contributed by atoms with Crippen LogP contribution in [0.1, 0.15) is 15.9 Å². The number of benzene rings is 2.